The standard InChI is InChI=1S/C22H30N2O3/c25-18-13-19-20(14-18)24(22(26)23-19)12-11-21(17-9-5-2-6-10-17)27-15-16-7-3-1-4-8-16/h1,3-4,7-8,17,19-21H,2,5-6,9-15H2,(H,23,26). The van der Waals surface area contributed by atoms with E-state index in [1.807, 2.05) is 23.1 Å². The number of benzene rings is 1. The van der Waals surface area contributed by atoms with Gasteiger partial charge in [-0.2, -0.15) is 0 Å². The van der Waals surface area contributed by atoms with Gasteiger partial charge in [-0.15, -0.1) is 0 Å². The molecule has 5 heteroatoms. The van der Waals surface area contributed by atoms with Crippen LogP contribution >= 0.6 is 0 Å². The van der Waals surface area contributed by atoms with Crippen molar-refractivity contribution in [2.75, 3.05) is 6.54 Å². The molecule has 3 atom stereocenters. The predicted octanol–water partition coefficient (Wildman–Crippen LogP) is 3.67. The maximum absolute atomic E-state index is 12.3. The number of ether oxygens (including phenoxy) is 1. The van der Waals surface area contributed by atoms with Gasteiger partial charge >= 0.3 is 6.03 Å². The summed E-state index contributed by atoms with van der Waals surface area (Å²) in [6.45, 7) is 1.30. The van der Waals surface area contributed by atoms with Crippen molar-refractivity contribution in [3.63, 3.8) is 0 Å². The molecule has 0 spiro atoms. The number of urea groups is 1. The third kappa shape index (κ3) is 4.34. The average Bonchev–Trinajstić information content (AvgIpc) is 3.18. The van der Waals surface area contributed by atoms with Crippen LogP contribution in [0.1, 0.15) is 56.9 Å². The molecule has 1 aromatic carbocycles. The summed E-state index contributed by atoms with van der Waals surface area (Å²) in [6.07, 6.45) is 8.33. The van der Waals surface area contributed by atoms with Crippen LogP contribution in [0.15, 0.2) is 30.3 Å². The summed E-state index contributed by atoms with van der Waals surface area (Å²) in [7, 11) is 0. The largest absolute Gasteiger partial charge is 0.373 e. The Kier molecular flexibility index (Phi) is 5.77. The molecule has 1 aromatic rings. The van der Waals surface area contributed by atoms with Crippen LogP contribution in [0.2, 0.25) is 0 Å². The minimum atomic E-state index is -0.0112. The smallest absolute Gasteiger partial charge is 0.318 e. The lowest BCUT2D eigenvalue weighted by molar-refractivity contribution is -0.117. The van der Waals surface area contributed by atoms with E-state index in [9.17, 15) is 9.59 Å². The van der Waals surface area contributed by atoms with Crippen molar-refractivity contribution in [1.82, 2.24) is 10.2 Å². The van der Waals surface area contributed by atoms with Gasteiger partial charge in [0.05, 0.1) is 24.8 Å². The number of Topliss-reactive ketones (excluding diaryl/α,β-unsaturated/α-hetero) is 1. The zero-order valence-corrected chi connectivity index (χ0v) is 15.9. The Morgan fingerprint density at radius 1 is 1.07 bits per heavy atom. The summed E-state index contributed by atoms with van der Waals surface area (Å²) in [6, 6.07) is 10.4. The zero-order chi connectivity index (χ0) is 18.6. The molecule has 0 bridgehead atoms. The molecule has 1 saturated heterocycles. The first kappa shape index (κ1) is 18.5. The predicted molar refractivity (Wildman–Crippen MR) is 103 cm³/mol. The fraction of sp³-hybridized carbons (Fsp3) is 0.636. The second-order valence-corrected chi connectivity index (χ2v) is 8.29. The number of carbonyl (C=O) groups is 2. The Morgan fingerprint density at radius 2 is 1.85 bits per heavy atom. The Hall–Kier alpha value is -1.88. The molecule has 3 unspecified atom stereocenters. The Morgan fingerprint density at radius 3 is 2.63 bits per heavy atom. The van der Waals surface area contributed by atoms with Gasteiger partial charge in [0.2, 0.25) is 0 Å². The second kappa shape index (κ2) is 8.42. The summed E-state index contributed by atoms with van der Waals surface area (Å²) in [5, 5.41) is 2.98. The Balaban J connectivity index is 1.38. The molecule has 2 saturated carbocycles. The molecule has 1 N–H and O–H groups in total. The third-order valence-corrected chi connectivity index (χ3v) is 6.46. The van der Waals surface area contributed by atoms with Crippen molar-refractivity contribution in [1.29, 1.82) is 0 Å². The first-order valence-corrected chi connectivity index (χ1v) is 10.4. The highest BCUT2D eigenvalue weighted by molar-refractivity contribution is 5.88. The summed E-state index contributed by atoms with van der Waals surface area (Å²) in [4.78, 5) is 26.0. The summed E-state index contributed by atoms with van der Waals surface area (Å²) < 4.78 is 6.37. The molecule has 0 aromatic heterocycles. The lowest BCUT2D eigenvalue weighted by Gasteiger charge is -2.32. The highest BCUT2D eigenvalue weighted by Gasteiger charge is 2.45. The SMILES string of the molecule is O=C1CC2NC(=O)N(CCC(OCc3ccccc3)C3CCCCC3)C2C1. The van der Waals surface area contributed by atoms with Crippen LogP contribution in [0.3, 0.4) is 0 Å². The van der Waals surface area contributed by atoms with Crippen LogP contribution in [0.25, 0.3) is 0 Å². The van der Waals surface area contributed by atoms with Gasteiger partial charge in [0.25, 0.3) is 0 Å². The summed E-state index contributed by atoms with van der Waals surface area (Å²) >= 11 is 0. The Labute approximate surface area is 161 Å². The fourth-order valence-electron chi connectivity index (χ4n) is 4.98. The molecule has 3 fully saturated rings. The molecule has 4 rings (SSSR count). The molecule has 0 radical (unpaired) electrons. The minimum Gasteiger partial charge on any atom is -0.373 e. The van der Waals surface area contributed by atoms with Gasteiger partial charge in [-0.25, -0.2) is 4.79 Å². The number of fused-ring (bicyclic) bond motifs is 1. The van der Waals surface area contributed by atoms with E-state index in [0.717, 1.165) is 6.42 Å². The van der Waals surface area contributed by atoms with E-state index in [-0.39, 0.29) is 30.0 Å². The minimum absolute atomic E-state index is 0.0112. The molecule has 5 nitrogen and oxygen atoms in total. The molecule has 1 heterocycles. The van der Waals surface area contributed by atoms with Crippen LogP contribution in [0, 0.1) is 5.92 Å². The first-order valence-electron chi connectivity index (χ1n) is 10.4. The number of amides is 2. The van der Waals surface area contributed by atoms with Crippen molar-refractivity contribution in [2.24, 2.45) is 5.92 Å². The average molecular weight is 370 g/mol. The summed E-state index contributed by atoms with van der Waals surface area (Å²) in [5.74, 6) is 0.841. The highest BCUT2D eigenvalue weighted by Crippen LogP contribution is 2.32. The van der Waals surface area contributed by atoms with Gasteiger partial charge in [0, 0.05) is 19.4 Å². The van der Waals surface area contributed by atoms with Gasteiger partial charge in [-0.1, -0.05) is 49.6 Å². The number of carbonyl (C=O) groups excluding carboxylic acids is 2. The fourth-order valence-corrected chi connectivity index (χ4v) is 4.98. The molecular weight excluding hydrogens is 340 g/mol. The van der Waals surface area contributed by atoms with Crippen LogP contribution in [-0.2, 0) is 16.1 Å². The van der Waals surface area contributed by atoms with Crippen molar-refractivity contribution >= 4 is 11.8 Å². The molecular formula is C22H30N2O3. The van der Waals surface area contributed by atoms with Crippen LogP contribution < -0.4 is 5.32 Å². The van der Waals surface area contributed by atoms with Crippen molar-refractivity contribution < 1.29 is 14.3 Å². The maximum atomic E-state index is 12.3. The third-order valence-electron chi connectivity index (χ3n) is 6.46. The van der Waals surface area contributed by atoms with Crippen molar-refractivity contribution in [3.8, 4) is 0 Å². The van der Waals surface area contributed by atoms with E-state index in [0.29, 0.717) is 31.9 Å². The van der Waals surface area contributed by atoms with Gasteiger partial charge in [0.1, 0.15) is 5.78 Å². The van der Waals surface area contributed by atoms with E-state index in [1.54, 1.807) is 0 Å². The number of nitrogens with one attached hydrogen (secondary N) is 1. The monoisotopic (exact) mass is 370 g/mol. The molecule has 27 heavy (non-hydrogen) atoms. The van der Waals surface area contributed by atoms with E-state index in [1.165, 1.54) is 37.7 Å². The van der Waals surface area contributed by atoms with Gasteiger partial charge < -0.3 is 15.0 Å². The van der Waals surface area contributed by atoms with Gasteiger partial charge in [0.15, 0.2) is 0 Å². The van der Waals surface area contributed by atoms with E-state index >= 15 is 0 Å². The molecule has 3 aliphatic rings. The quantitative estimate of drug-likeness (QED) is 0.797. The van der Waals surface area contributed by atoms with Gasteiger partial charge in [-0.05, 0) is 30.7 Å². The van der Waals surface area contributed by atoms with E-state index < -0.39 is 0 Å². The molecule has 2 amide bonds. The van der Waals surface area contributed by atoms with Gasteiger partial charge in [-0.3, -0.25) is 4.79 Å². The number of rotatable bonds is 7. The zero-order valence-electron chi connectivity index (χ0n) is 15.9. The molecule has 1 aliphatic heterocycles. The van der Waals surface area contributed by atoms with Crippen molar-refractivity contribution in [3.05, 3.63) is 35.9 Å². The number of hydrogen-bond donors (Lipinski definition) is 1. The van der Waals surface area contributed by atoms with E-state index in [4.69, 9.17) is 4.74 Å². The summed E-state index contributed by atoms with van der Waals surface area (Å²) in [5.41, 5.74) is 1.19. The van der Waals surface area contributed by atoms with Crippen molar-refractivity contribution in [2.45, 2.75) is 76.2 Å². The number of hydrogen-bond acceptors (Lipinski definition) is 3. The lowest BCUT2D eigenvalue weighted by atomic mass is 9.84. The van der Waals surface area contributed by atoms with Crippen LogP contribution in [0.5, 0.6) is 0 Å². The highest BCUT2D eigenvalue weighted by atomic mass is 16.5. The maximum Gasteiger partial charge on any atom is 0.318 e. The first-order chi connectivity index (χ1) is 13.2. The van der Waals surface area contributed by atoms with Crippen LogP contribution in [0.4, 0.5) is 4.79 Å². The lowest BCUT2D eigenvalue weighted by Crippen LogP contribution is -2.38. The number of nitrogens with zero attached hydrogens (tertiary/aromatic N) is 1. The molecule has 2 aliphatic carbocycles. The Bertz CT molecular complexity index is 657. The number of ketones is 1. The topological polar surface area (TPSA) is 58.6 Å². The van der Waals surface area contributed by atoms with Crippen LogP contribution in [-0.4, -0.2) is 41.4 Å². The second-order valence-electron chi connectivity index (χ2n) is 8.29. The molecule has 146 valence electrons. The van der Waals surface area contributed by atoms with E-state index in [2.05, 4.69) is 17.4 Å². The normalized spacial score (nSPS) is 26.9.